The van der Waals surface area contributed by atoms with Crippen LogP contribution >= 0.6 is 15.9 Å². The molecule has 0 fully saturated rings. The summed E-state index contributed by atoms with van der Waals surface area (Å²) >= 11 is 3.42. The topological polar surface area (TPSA) is 58.6 Å². The Labute approximate surface area is 213 Å². The summed E-state index contributed by atoms with van der Waals surface area (Å²) in [7, 11) is 0. The molecule has 0 spiro atoms. The summed E-state index contributed by atoms with van der Waals surface area (Å²) in [5.74, 6) is 0.166. The third-order valence-electron chi connectivity index (χ3n) is 5.66. The first-order chi connectivity index (χ1) is 17.0. The van der Waals surface area contributed by atoms with E-state index in [0.29, 0.717) is 35.7 Å². The predicted octanol–water partition coefficient (Wildman–Crippen LogP) is 7.31. The van der Waals surface area contributed by atoms with Crippen molar-refractivity contribution in [1.29, 1.82) is 0 Å². The number of ether oxygens (including phenoxy) is 1. The molecule has 0 radical (unpaired) electrons. The highest BCUT2D eigenvalue weighted by atomic mass is 79.9. The highest BCUT2D eigenvalue weighted by Gasteiger charge is 2.19. The van der Waals surface area contributed by atoms with Gasteiger partial charge in [-0.2, -0.15) is 0 Å². The Balaban J connectivity index is 1.53. The van der Waals surface area contributed by atoms with Crippen molar-refractivity contribution in [2.45, 2.75) is 20.3 Å². The number of fused-ring (bicyclic) bond motifs is 1. The number of carbonyl (C=O) groups excluding carboxylic acids is 2. The molecule has 4 rings (SSSR count). The molecule has 0 atom stereocenters. The molecule has 0 aliphatic rings. The SMILES string of the molecule is CCCOc1ccc(Br)cc1C(=O)Nc1ccc(C(=O)N(CC)c2cccc3ccccc23)cc1. The molecule has 0 bridgehead atoms. The zero-order valence-corrected chi connectivity index (χ0v) is 21.3. The molecule has 2 amide bonds. The first kappa shape index (κ1) is 24.5. The van der Waals surface area contributed by atoms with Crippen molar-refractivity contribution < 1.29 is 14.3 Å². The van der Waals surface area contributed by atoms with E-state index >= 15 is 0 Å². The minimum atomic E-state index is -0.276. The van der Waals surface area contributed by atoms with Gasteiger partial charge >= 0.3 is 0 Å². The third-order valence-corrected chi connectivity index (χ3v) is 6.15. The monoisotopic (exact) mass is 530 g/mol. The molecule has 35 heavy (non-hydrogen) atoms. The molecule has 0 saturated carbocycles. The number of nitrogens with one attached hydrogen (secondary N) is 1. The molecular weight excluding hydrogens is 504 g/mol. The first-order valence-corrected chi connectivity index (χ1v) is 12.4. The zero-order chi connectivity index (χ0) is 24.8. The van der Waals surface area contributed by atoms with Crippen molar-refractivity contribution in [3.63, 3.8) is 0 Å². The van der Waals surface area contributed by atoms with Gasteiger partial charge in [0.25, 0.3) is 11.8 Å². The van der Waals surface area contributed by atoms with Gasteiger partial charge in [-0.15, -0.1) is 0 Å². The van der Waals surface area contributed by atoms with Gasteiger partial charge < -0.3 is 15.0 Å². The number of nitrogens with zero attached hydrogens (tertiary/aromatic N) is 1. The Morgan fingerprint density at radius 3 is 2.40 bits per heavy atom. The van der Waals surface area contributed by atoms with Gasteiger partial charge in [-0.3, -0.25) is 9.59 Å². The van der Waals surface area contributed by atoms with Crippen LogP contribution in [-0.4, -0.2) is 25.0 Å². The van der Waals surface area contributed by atoms with Gasteiger partial charge in [-0.05, 0) is 67.3 Å². The van der Waals surface area contributed by atoms with E-state index in [1.165, 1.54) is 0 Å². The summed E-state index contributed by atoms with van der Waals surface area (Å²) in [6, 6.07) is 26.3. The van der Waals surface area contributed by atoms with Crippen LogP contribution in [0.1, 0.15) is 41.0 Å². The normalized spacial score (nSPS) is 10.7. The van der Waals surface area contributed by atoms with Crippen LogP contribution in [0.25, 0.3) is 10.8 Å². The minimum Gasteiger partial charge on any atom is -0.493 e. The van der Waals surface area contributed by atoms with Crippen molar-refractivity contribution >= 4 is 49.9 Å². The van der Waals surface area contributed by atoms with Gasteiger partial charge in [0.05, 0.1) is 17.9 Å². The summed E-state index contributed by atoms with van der Waals surface area (Å²) in [4.78, 5) is 28.1. The minimum absolute atomic E-state index is 0.0935. The molecular formula is C29H27BrN2O3. The summed E-state index contributed by atoms with van der Waals surface area (Å²) < 4.78 is 6.52. The van der Waals surface area contributed by atoms with E-state index in [1.54, 1.807) is 41.3 Å². The molecule has 0 aliphatic carbocycles. The second-order valence-corrected chi connectivity index (χ2v) is 8.98. The van der Waals surface area contributed by atoms with Gasteiger partial charge in [0.2, 0.25) is 0 Å². The van der Waals surface area contributed by atoms with E-state index in [9.17, 15) is 9.59 Å². The van der Waals surface area contributed by atoms with E-state index < -0.39 is 0 Å². The Morgan fingerprint density at radius 1 is 0.914 bits per heavy atom. The standard InChI is InChI=1S/C29H27BrN2O3/c1-3-18-35-27-17-14-22(30)19-25(27)28(33)31-23-15-12-21(13-16-23)29(34)32(4-2)26-11-7-9-20-8-5-6-10-24(20)26/h5-17,19H,3-4,18H2,1-2H3,(H,31,33). The fraction of sp³-hybridized carbons (Fsp3) is 0.172. The second kappa shape index (κ2) is 11.2. The van der Waals surface area contributed by atoms with Gasteiger partial charge in [0.15, 0.2) is 0 Å². The largest absolute Gasteiger partial charge is 0.493 e. The van der Waals surface area contributed by atoms with Crippen LogP contribution < -0.4 is 15.0 Å². The predicted molar refractivity (Wildman–Crippen MR) is 146 cm³/mol. The fourth-order valence-corrected chi connectivity index (χ4v) is 4.30. The Bertz CT molecular complexity index is 1350. The zero-order valence-electron chi connectivity index (χ0n) is 19.8. The average molecular weight is 531 g/mol. The van der Waals surface area contributed by atoms with Crippen molar-refractivity contribution in [3.05, 3.63) is 101 Å². The molecule has 0 saturated heterocycles. The number of benzene rings is 4. The quantitative estimate of drug-likeness (QED) is 0.259. The summed E-state index contributed by atoms with van der Waals surface area (Å²) in [5, 5.41) is 5.02. The summed E-state index contributed by atoms with van der Waals surface area (Å²) in [6.45, 7) is 5.05. The first-order valence-electron chi connectivity index (χ1n) is 11.6. The highest BCUT2D eigenvalue weighted by Crippen LogP contribution is 2.28. The molecule has 6 heteroatoms. The van der Waals surface area contributed by atoms with Crippen LogP contribution in [-0.2, 0) is 0 Å². The molecule has 5 nitrogen and oxygen atoms in total. The summed E-state index contributed by atoms with van der Waals surface area (Å²) in [5.41, 5.74) is 2.47. The number of hydrogen-bond donors (Lipinski definition) is 1. The maximum absolute atomic E-state index is 13.4. The summed E-state index contributed by atoms with van der Waals surface area (Å²) in [6.07, 6.45) is 0.847. The number of anilines is 2. The molecule has 4 aromatic rings. The number of amides is 2. The highest BCUT2D eigenvalue weighted by molar-refractivity contribution is 9.10. The van der Waals surface area contributed by atoms with Crippen molar-refractivity contribution in [3.8, 4) is 5.75 Å². The van der Waals surface area contributed by atoms with E-state index in [4.69, 9.17) is 4.74 Å². The lowest BCUT2D eigenvalue weighted by atomic mass is 10.1. The molecule has 0 unspecified atom stereocenters. The van der Waals surface area contributed by atoms with E-state index in [1.807, 2.05) is 62.4 Å². The number of hydrogen-bond acceptors (Lipinski definition) is 3. The molecule has 0 heterocycles. The van der Waals surface area contributed by atoms with Gasteiger partial charge in [0, 0.05) is 27.7 Å². The molecule has 1 N–H and O–H groups in total. The smallest absolute Gasteiger partial charge is 0.259 e. The third kappa shape index (κ3) is 5.54. The average Bonchev–Trinajstić information content (AvgIpc) is 2.89. The van der Waals surface area contributed by atoms with Crippen LogP contribution in [0.2, 0.25) is 0 Å². The maximum atomic E-state index is 13.4. The lowest BCUT2D eigenvalue weighted by molar-refractivity contribution is 0.0987. The van der Waals surface area contributed by atoms with Crippen LogP contribution in [0.15, 0.2) is 89.4 Å². The van der Waals surface area contributed by atoms with Crippen LogP contribution in [0.3, 0.4) is 0 Å². The number of rotatable bonds is 8. The van der Waals surface area contributed by atoms with E-state index in [0.717, 1.165) is 27.4 Å². The van der Waals surface area contributed by atoms with Crippen LogP contribution in [0.5, 0.6) is 5.75 Å². The van der Waals surface area contributed by atoms with Crippen LogP contribution in [0.4, 0.5) is 11.4 Å². The number of carbonyl (C=O) groups is 2. The lowest BCUT2D eigenvalue weighted by Gasteiger charge is -2.23. The van der Waals surface area contributed by atoms with Crippen molar-refractivity contribution in [1.82, 2.24) is 0 Å². The Morgan fingerprint density at radius 2 is 1.66 bits per heavy atom. The Kier molecular flexibility index (Phi) is 7.83. The molecule has 0 aliphatic heterocycles. The van der Waals surface area contributed by atoms with Crippen molar-refractivity contribution in [2.24, 2.45) is 0 Å². The molecule has 178 valence electrons. The fourth-order valence-electron chi connectivity index (χ4n) is 3.93. The number of halogens is 1. The maximum Gasteiger partial charge on any atom is 0.259 e. The van der Waals surface area contributed by atoms with Crippen molar-refractivity contribution in [2.75, 3.05) is 23.4 Å². The molecule has 4 aromatic carbocycles. The van der Waals surface area contributed by atoms with Gasteiger partial charge in [-0.25, -0.2) is 0 Å². The molecule has 0 aromatic heterocycles. The van der Waals surface area contributed by atoms with Gasteiger partial charge in [0.1, 0.15) is 5.75 Å². The second-order valence-electron chi connectivity index (χ2n) is 8.07. The van der Waals surface area contributed by atoms with E-state index in [2.05, 4.69) is 21.2 Å². The van der Waals surface area contributed by atoms with E-state index in [-0.39, 0.29) is 11.8 Å². The van der Waals surface area contributed by atoms with Gasteiger partial charge in [-0.1, -0.05) is 59.3 Å². The Hall–Kier alpha value is -3.64. The van der Waals surface area contributed by atoms with Crippen LogP contribution in [0, 0.1) is 0 Å². The lowest BCUT2D eigenvalue weighted by Crippen LogP contribution is -2.30.